The molecule has 0 saturated carbocycles. The smallest absolute Gasteiger partial charge is 0.276 e. The topological polar surface area (TPSA) is 132 Å². The summed E-state index contributed by atoms with van der Waals surface area (Å²) in [5.74, 6) is 0.667. The van der Waals surface area contributed by atoms with Crippen molar-refractivity contribution in [2.75, 3.05) is 5.32 Å². The van der Waals surface area contributed by atoms with Crippen LogP contribution in [0.2, 0.25) is 0 Å². The lowest BCUT2D eigenvalue weighted by Gasteiger charge is -2.08. The molecule has 166 valence electrons. The second-order valence-corrected chi connectivity index (χ2v) is 7.29. The van der Waals surface area contributed by atoms with Gasteiger partial charge in [0.05, 0.1) is 16.3 Å². The number of carbonyl (C=O) groups excluding carboxylic acids is 1. The van der Waals surface area contributed by atoms with Crippen molar-refractivity contribution in [1.82, 2.24) is 25.0 Å². The minimum absolute atomic E-state index is 0.0201. The van der Waals surface area contributed by atoms with Gasteiger partial charge in [-0.2, -0.15) is 10.2 Å². The van der Waals surface area contributed by atoms with Crippen molar-refractivity contribution in [2.45, 2.75) is 0 Å². The maximum absolute atomic E-state index is 12.9. The highest BCUT2D eigenvalue weighted by Crippen LogP contribution is 2.27. The van der Waals surface area contributed by atoms with Crippen LogP contribution in [0.4, 0.5) is 11.4 Å². The number of non-ortho nitro benzene ring substituents is 1. The number of aromatic amines is 1. The van der Waals surface area contributed by atoms with Crippen molar-refractivity contribution in [3.63, 3.8) is 0 Å². The molecule has 0 atom stereocenters. The predicted octanol–water partition coefficient (Wildman–Crippen LogP) is 4.48. The number of nitrogens with zero attached hydrogens (tertiary/aromatic N) is 5. The molecular weight excluding hydrogens is 434 g/mol. The zero-order chi connectivity index (χ0) is 23.5. The number of hydrogen-bond acceptors (Lipinski definition) is 6. The molecule has 5 aromatic rings. The van der Waals surface area contributed by atoms with Crippen LogP contribution in [0.5, 0.6) is 0 Å². The number of hydrogen-bond donors (Lipinski definition) is 2. The van der Waals surface area contributed by atoms with Crippen molar-refractivity contribution >= 4 is 17.3 Å². The lowest BCUT2D eigenvalue weighted by atomic mass is 10.1. The summed E-state index contributed by atoms with van der Waals surface area (Å²) in [5.41, 5.74) is 2.88. The molecule has 0 radical (unpaired) electrons. The van der Waals surface area contributed by atoms with Gasteiger partial charge in [0.25, 0.3) is 11.6 Å². The van der Waals surface area contributed by atoms with E-state index in [4.69, 9.17) is 0 Å². The number of nitrogens with one attached hydrogen (secondary N) is 2. The van der Waals surface area contributed by atoms with Gasteiger partial charge in [0.1, 0.15) is 0 Å². The Morgan fingerprint density at radius 1 is 0.941 bits per heavy atom. The van der Waals surface area contributed by atoms with Crippen LogP contribution in [0.3, 0.4) is 0 Å². The molecule has 5 rings (SSSR count). The highest BCUT2D eigenvalue weighted by molar-refractivity contribution is 6.04. The number of anilines is 1. The van der Waals surface area contributed by atoms with Gasteiger partial charge in [-0.05, 0) is 30.3 Å². The molecule has 0 aliphatic carbocycles. The largest absolute Gasteiger partial charge is 0.320 e. The van der Waals surface area contributed by atoms with Crippen LogP contribution < -0.4 is 5.32 Å². The summed E-state index contributed by atoms with van der Waals surface area (Å²) in [6.45, 7) is 0. The lowest BCUT2D eigenvalue weighted by Crippen LogP contribution is -2.14. The monoisotopic (exact) mass is 451 g/mol. The standard InChI is InChI=1S/C24H17N7O3/c32-24(21-14-15-30(29-21)17-10-12-18(13-11-17)31(33)34)25-20-9-5-4-8-19(20)23-26-22(27-28-23)16-6-2-1-3-7-16/h1-15H,(H,25,32)(H,26,27,28). The summed E-state index contributed by atoms with van der Waals surface area (Å²) in [6.07, 6.45) is 1.62. The Bertz CT molecular complexity index is 1470. The number of rotatable bonds is 6. The fourth-order valence-corrected chi connectivity index (χ4v) is 3.40. The Kier molecular flexibility index (Phi) is 5.37. The van der Waals surface area contributed by atoms with Gasteiger partial charge in [-0.3, -0.25) is 20.0 Å². The summed E-state index contributed by atoms with van der Waals surface area (Å²) in [7, 11) is 0. The van der Waals surface area contributed by atoms with E-state index in [1.807, 2.05) is 48.5 Å². The van der Waals surface area contributed by atoms with Crippen molar-refractivity contribution in [2.24, 2.45) is 0 Å². The minimum Gasteiger partial charge on any atom is -0.320 e. The Morgan fingerprint density at radius 3 is 2.44 bits per heavy atom. The van der Waals surface area contributed by atoms with Crippen molar-refractivity contribution in [3.05, 3.63) is 107 Å². The normalized spacial score (nSPS) is 10.7. The quantitative estimate of drug-likeness (QED) is 0.289. The average molecular weight is 451 g/mol. The molecule has 2 N–H and O–H groups in total. The van der Waals surface area contributed by atoms with Gasteiger partial charge < -0.3 is 5.32 Å². The Hall–Kier alpha value is -5.12. The molecule has 2 heterocycles. The fraction of sp³-hybridized carbons (Fsp3) is 0. The maximum atomic E-state index is 12.9. The van der Waals surface area contributed by atoms with Gasteiger partial charge in [-0.1, -0.05) is 42.5 Å². The molecule has 0 aliphatic rings. The van der Waals surface area contributed by atoms with Gasteiger partial charge in [0.2, 0.25) is 0 Å². The number of aromatic nitrogens is 5. The molecule has 34 heavy (non-hydrogen) atoms. The van der Waals surface area contributed by atoms with Crippen LogP contribution in [0.15, 0.2) is 91.1 Å². The second-order valence-electron chi connectivity index (χ2n) is 7.29. The first-order chi connectivity index (χ1) is 16.6. The van der Waals surface area contributed by atoms with Crippen LogP contribution in [0.25, 0.3) is 28.5 Å². The fourth-order valence-electron chi connectivity index (χ4n) is 3.40. The zero-order valence-electron chi connectivity index (χ0n) is 17.6. The van der Waals surface area contributed by atoms with E-state index in [9.17, 15) is 14.9 Å². The number of benzene rings is 3. The van der Waals surface area contributed by atoms with E-state index in [0.29, 0.717) is 28.6 Å². The van der Waals surface area contributed by atoms with E-state index in [2.05, 4.69) is 25.6 Å². The van der Waals surface area contributed by atoms with Crippen LogP contribution in [-0.2, 0) is 0 Å². The Balaban J connectivity index is 1.37. The molecule has 2 aromatic heterocycles. The summed E-state index contributed by atoms with van der Waals surface area (Å²) < 4.78 is 1.48. The SMILES string of the molecule is O=C(Nc1ccccc1-c1nc(-c2ccccc2)n[nH]1)c1ccn(-c2ccc([N+](=O)[O-])cc2)n1. The lowest BCUT2D eigenvalue weighted by molar-refractivity contribution is -0.384. The minimum atomic E-state index is -0.472. The number of H-pyrrole nitrogens is 1. The van der Waals surface area contributed by atoms with Crippen molar-refractivity contribution in [1.29, 1.82) is 0 Å². The van der Waals surface area contributed by atoms with E-state index >= 15 is 0 Å². The van der Waals surface area contributed by atoms with Gasteiger partial charge in [0.15, 0.2) is 17.3 Å². The van der Waals surface area contributed by atoms with Crippen LogP contribution in [0.1, 0.15) is 10.5 Å². The Labute approximate surface area is 193 Å². The molecule has 0 bridgehead atoms. The third-order valence-electron chi connectivity index (χ3n) is 5.09. The van der Waals surface area contributed by atoms with Crippen LogP contribution >= 0.6 is 0 Å². The van der Waals surface area contributed by atoms with Crippen LogP contribution in [-0.4, -0.2) is 35.8 Å². The first-order valence-corrected chi connectivity index (χ1v) is 10.3. The van der Waals surface area contributed by atoms with Crippen LogP contribution in [0, 0.1) is 10.1 Å². The van der Waals surface area contributed by atoms with Crippen molar-refractivity contribution in [3.8, 4) is 28.5 Å². The van der Waals surface area contributed by atoms with E-state index in [0.717, 1.165) is 5.56 Å². The molecule has 0 spiro atoms. The van der Waals surface area contributed by atoms with Gasteiger partial charge in [0, 0.05) is 29.5 Å². The molecular formula is C24H17N7O3. The molecule has 1 amide bonds. The number of para-hydroxylation sites is 1. The summed E-state index contributed by atoms with van der Waals surface area (Å²) in [5, 5.41) is 25.2. The average Bonchev–Trinajstić information content (AvgIpc) is 3.56. The van der Waals surface area contributed by atoms with E-state index in [-0.39, 0.29) is 11.4 Å². The Morgan fingerprint density at radius 2 is 1.68 bits per heavy atom. The molecule has 3 aromatic carbocycles. The van der Waals surface area contributed by atoms with Crippen molar-refractivity contribution < 1.29 is 9.72 Å². The number of amides is 1. The molecule has 0 aliphatic heterocycles. The van der Waals surface area contributed by atoms with Gasteiger partial charge >= 0.3 is 0 Å². The molecule has 10 nitrogen and oxygen atoms in total. The van der Waals surface area contributed by atoms with E-state index in [1.54, 1.807) is 30.5 Å². The first kappa shape index (κ1) is 20.8. The highest BCUT2D eigenvalue weighted by atomic mass is 16.6. The summed E-state index contributed by atoms with van der Waals surface area (Å²) >= 11 is 0. The third-order valence-corrected chi connectivity index (χ3v) is 5.09. The van der Waals surface area contributed by atoms with E-state index in [1.165, 1.54) is 16.8 Å². The molecule has 0 unspecified atom stereocenters. The first-order valence-electron chi connectivity index (χ1n) is 10.3. The molecule has 0 fully saturated rings. The van der Waals surface area contributed by atoms with E-state index < -0.39 is 10.8 Å². The third kappa shape index (κ3) is 4.15. The molecule has 0 saturated heterocycles. The van der Waals surface area contributed by atoms with Gasteiger partial charge in [-0.25, -0.2) is 9.67 Å². The number of nitro groups is 1. The summed E-state index contributed by atoms with van der Waals surface area (Å²) in [6, 6.07) is 24.3. The predicted molar refractivity (Wildman–Crippen MR) is 125 cm³/mol. The maximum Gasteiger partial charge on any atom is 0.276 e. The number of carbonyl (C=O) groups is 1. The zero-order valence-corrected chi connectivity index (χ0v) is 17.6. The summed E-state index contributed by atoms with van der Waals surface area (Å²) in [4.78, 5) is 27.8. The van der Waals surface area contributed by atoms with Gasteiger partial charge in [-0.15, -0.1) is 0 Å². The second kappa shape index (κ2) is 8.79. The highest BCUT2D eigenvalue weighted by Gasteiger charge is 2.16. The number of nitro benzene ring substituents is 1. The molecule has 10 heteroatoms.